The zero-order valence-corrected chi connectivity index (χ0v) is 11.5. The van der Waals surface area contributed by atoms with Gasteiger partial charge in [0.15, 0.2) is 0 Å². The Hall–Kier alpha value is -1.40. The van der Waals surface area contributed by atoms with Crippen LogP contribution in [-0.2, 0) is 9.53 Å². The van der Waals surface area contributed by atoms with Gasteiger partial charge in [-0.15, -0.1) is 0 Å². The first-order chi connectivity index (χ1) is 9.26. The zero-order valence-electron chi connectivity index (χ0n) is 11.5. The maximum Gasteiger partial charge on any atom is 0.227 e. The molecule has 1 fully saturated rings. The van der Waals surface area contributed by atoms with E-state index in [1.54, 1.807) is 12.4 Å². The summed E-state index contributed by atoms with van der Waals surface area (Å²) in [4.78, 5) is 19.6. The number of hydrogen-bond donors (Lipinski definition) is 3. The third-order valence-electron chi connectivity index (χ3n) is 3.46. The number of aromatic amines is 1. The van der Waals surface area contributed by atoms with Crippen molar-refractivity contribution in [3.8, 4) is 0 Å². The van der Waals surface area contributed by atoms with Gasteiger partial charge in [-0.1, -0.05) is 13.8 Å². The Labute approximate surface area is 113 Å². The number of H-pyrrole nitrogens is 1. The molecule has 1 aliphatic heterocycles. The van der Waals surface area contributed by atoms with E-state index in [1.807, 2.05) is 13.8 Å². The van der Waals surface area contributed by atoms with Gasteiger partial charge in [-0.05, 0) is 13.0 Å². The normalized spacial score (nSPS) is 24.3. The minimum atomic E-state index is -0.121. The van der Waals surface area contributed by atoms with Crippen molar-refractivity contribution in [3.63, 3.8) is 0 Å². The summed E-state index contributed by atoms with van der Waals surface area (Å²) in [5.74, 6) is 0.713. The summed E-state index contributed by atoms with van der Waals surface area (Å²) in [6.45, 7) is 5.99. The molecule has 1 amide bonds. The van der Waals surface area contributed by atoms with Crippen molar-refractivity contribution in [3.05, 3.63) is 18.2 Å². The van der Waals surface area contributed by atoms with Crippen molar-refractivity contribution in [2.24, 2.45) is 5.92 Å². The van der Waals surface area contributed by atoms with Crippen molar-refractivity contribution in [1.82, 2.24) is 20.6 Å². The van der Waals surface area contributed by atoms with Gasteiger partial charge in [-0.3, -0.25) is 4.79 Å². The molecule has 1 saturated heterocycles. The molecule has 1 aromatic heterocycles. The summed E-state index contributed by atoms with van der Waals surface area (Å²) >= 11 is 0. The Morgan fingerprint density at radius 1 is 1.58 bits per heavy atom. The van der Waals surface area contributed by atoms with Crippen LogP contribution in [0.1, 0.15) is 32.1 Å². The third kappa shape index (κ3) is 3.33. The SMILES string of the molecule is CCNC1COCC1C(=O)NC(CC)c1ncc[nH]1. The lowest BCUT2D eigenvalue weighted by molar-refractivity contribution is -0.126. The third-order valence-corrected chi connectivity index (χ3v) is 3.46. The molecule has 1 aromatic rings. The lowest BCUT2D eigenvalue weighted by atomic mass is 10.0. The van der Waals surface area contributed by atoms with Gasteiger partial charge >= 0.3 is 0 Å². The van der Waals surface area contributed by atoms with E-state index >= 15 is 0 Å². The van der Waals surface area contributed by atoms with Gasteiger partial charge in [0.05, 0.1) is 25.2 Å². The molecule has 0 bridgehead atoms. The molecule has 19 heavy (non-hydrogen) atoms. The largest absolute Gasteiger partial charge is 0.379 e. The van der Waals surface area contributed by atoms with E-state index in [1.165, 1.54) is 0 Å². The maximum absolute atomic E-state index is 12.3. The number of rotatable bonds is 6. The van der Waals surface area contributed by atoms with Crippen LogP contribution in [0.25, 0.3) is 0 Å². The van der Waals surface area contributed by atoms with Crippen LogP contribution < -0.4 is 10.6 Å². The Kier molecular flexibility index (Phi) is 4.93. The number of nitrogens with one attached hydrogen (secondary N) is 3. The number of nitrogens with zero attached hydrogens (tertiary/aromatic N) is 1. The first-order valence-electron chi connectivity index (χ1n) is 6.87. The number of carbonyl (C=O) groups is 1. The molecule has 1 aliphatic rings. The second-order valence-corrected chi connectivity index (χ2v) is 4.75. The van der Waals surface area contributed by atoms with E-state index < -0.39 is 0 Å². The predicted octanol–water partition coefficient (Wildman–Crippen LogP) is 0.602. The van der Waals surface area contributed by atoms with Crippen LogP contribution in [0.3, 0.4) is 0 Å². The minimum absolute atomic E-state index is 0.0340. The molecule has 0 aliphatic carbocycles. The van der Waals surface area contributed by atoms with Gasteiger partial charge in [0.2, 0.25) is 5.91 Å². The van der Waals surface area contributed by atoms with Crippen LogP contribution in [-0.4, -0.2) is 41.7 Å². The summed E-state index contributed by atoms with van der Waals surface area (Å²) in [6, 6.07) is 0.0458. The molecule has 6 heteroatoms. The molecule has 0 aromatic carbocycles. The predicted molar refractivity (Wildman–Crippen MR) is 71.5 cm³/mol. The van der Waals surface area contributed by atoms with Crippen molar-refractivity contribution in [2.75, 3.05) is 19.8 Å². The quantitative estimate of drug-likeness (QED) is 0.704. The highest BCUT2D eigenvalue weighted by Gasteiger charge is 2.34. The number of imidazole rings is 1. The van der Waals surface area contributed by atoms with Crippen molar-refractivity contribution >= 4 is 5.91 Å². The Balaban J connectivity index is 1.95. The lowest BCUT2D eigenvalue weighted by Gasteiger charge is -2.21. The van der Waals surface area contributed by atoms with Gasteiger partial charge in [0.25, 0.3) is 0 Å². The summed E-state index contributed by atoms with van der Waals surface area (Å²) in [6.07, 6.45) is 4.27. The molecule has 2 rings (SSSR count). The van der Waals surface area contributed by atoms with E-state index in [2.05, 4.69) is 20.6 Å². The number of aromatic nitrogens is 2. The minimum Gasteiger partial charge on any atom is -0.379 e. The molecular formula is C13H22N4O2. The van der Waals surface area contributed by atoms with E-state index in [0.717, 1.165) is 18.8 Å². The first kappa shape index (κ1) is 14.0. The van der Waals surface area contributed by atoms with Crippen LogP contribution in [0.5, 0.6) is 0 Å². The van der Waals surface area contributed by atoms with Crippen molar-refractivity contribution in [2.45, 2.75) is 32.4 Å². The highest BCUT2D eigenvalue weighted by Crippen LogP contribution is 2.17. The molecular weight excluding hydrogens is 244 g/mol. The van der Waals surface area contributed by atoms with Crippen LogP contribution in [0, 0.1) is 5.92 Å². The van der Waals surface area contributed by atoms with E-state index in [0.29, 0.717) is 13.2 Å². The molecule has 0 saturated carbocycles. The van der Waals surface area contributed by atoms with Crippen LogP contribution >= 0.6 is 0 Å². The highest BCUT2D eigenvalue weighted by molar-refractivity contribution is 5.80. The number of amides is 1. The fourth-order valence-corrected chi connectivity index (χ4v) is 2.39. The smallest absolute Gasteiger partial charge is 0.227 e. The fraction of sp³-hybridized carbons (Fsp3) is 0.692. The monoisotopic (exact) mass is 266 g/mol. The molecule has 106 valence electrons. The van der Waals surface area contributed by atoms with Crippen molar-refractivity contribution in [1.29, 1.82) is 0 Å². The first-order valence-corrected chi connectivity index (χ1v) is 6.87. The van der Waals surface area contributed by atoms with Gasteiger partial charge in [-0.2, -0.15) is 0 Å². The summed E-state index contributed by atoms with van der Waals surface area (Å²) in [7, 11) is 0. The molecule has 3 atom stereocenters. The fourth-order valence-electron chi connectivity index (χ4n) is 2.39. The zero-order chi connectivity index (χ0) is 13.7. The van der Waals surface area contributed by atoms with Gasteiger partial charge in [0.1, 0.15) is 5.82 Å². The van der Waals surface area contributed by atoms with Gasteiger partial charge < -0.3 is 20.4 Å². The number of ether oxygens (including phenoxy) is 1. The van der Waals surface area contributed by atoms with Gasteiger partial charge in [-0.25, -0.2) is 4.98 Å². The molecule has 3 N–H and O–H groups in total. The van der Waals surface area contributed by atoms with Crippen LogP contribution in [0.2, 0.25) is 0 Å². The molecule has 0 spiro atoms. The lowest BCUT2D eigenvalue weighted by Crippen LogP contribution is -2.44. The molecule has 3 unspecified atom stereocenters. The van der Waals surface area contributed by atoms with E-state index in [4.69, 9.17) is 4.74 Å². The Morgan fingerprint density at radius 3 is 3.05 bits per heavy atom. The van der Waals surface area contributed by atoms with E-state index in [9.17, 15) is 4.79 Å². The topological polar surface area (TPSA) is 79.0 Å². The highest BCUT2D eigenvalue weighted by atomic mass is 16.5. The molecule has 6 nitrogen and oxygen atoms in total. The number of carbonyl (C=O) groups excluding carboxylic acids is 1. The van der Waals surface area contributed by atoms with E-state index in [-0.39, 0.29) is 23.9 Å². The Bertz CT molecular complexity index is 393. The molecule has 0 radical (unpaired) electrons. The average Bonchev–Trinajstić information content (AvgIpc) is 3.06. The van der Waals surface area contributed by atoms with Crippen LogP contribution in [0.15, 0.2) is 12.4 Å². The van der Waals surface area contributed by atoms with Gasteiger partial charge in [0, 0.05) is 18.4 Å². The van der Waals surface area contributed by atoms with Crippen molar-refractivity contribution < 1.29 is 9.53 Å². The Morgan fingerprint density at radius 2 is 2.42 bits per heavy atom. The maximum atomic E-state index is 12.3. The summed E-state index contributed by atoms with van der Waals surface area (Å²) in [5.41, 5.74) is 0. The second-order valence-electron chi connectivity index (χ2n) is 4.75. The summed E-state index contributed by atoms with van der Waals surface area (Å²) in [5, 5.41) is 6.34. The summed E-state index contributed by atoms with van der Waals surface area (Å²) < 4.78 is 5.40. The average molecular weight is 266 g/mol. The second kappa shape index (κ2) is 6.68. The van der Waals surface area contributed by atoms with Crippen LogP contribution in [0.4, 0.5) is 0 Å². The number of hydrogen-bond acceptors (Lipinski definition) is 4. The molecule has 2 heterocycles. The number of likely N-dealkylation sites (N-methyl/N-ethyl adjacent to an activating group) is 1. The standard InChI is InChI=1S/C13H22N4O2/c1-3-10(12-15-5-6-16-12)17-13(18)9-7-19-8-11(9)14-4-2/h5-6,9-11,14H,3-4,7-8H2,1-2H3,(H,15,16)(H,17,18).